The van der Waals surface area contributed by atoms with E-state index in [0.717, 1.165) is 5.32 Å². The summed E-state index contributed by atoms with van der Waals surface area (Å²) in [6.45, 7) is 6.07. The molecule has 0 saturated carbocycles. The molecule has 0 atom stereocenters. The topological polar surface area (TPSA) is 0 Å². The molecule has 0 saturated heterocycles. The monoisotopic (exact) mass is 262 g/mol. The number of allylic oxidation sites excluding steroid dienone is 1. The van der Waals surface area contributed by atoms with Gasteiger partial charge in [0.1, 0.15) is 0 Å². The van der Waals surface area contributed by atoms with Crippen molar-refractivity contribution in [2.45, 2.75) is 12.2 Å². The molecular formula is C14H14Se. The molecule has 0 amide bonds. The van der Waals surface area contributed by atoms with E-state index in [0.29, 0.717) is 15.0 Å². The van der Waals surface area contributed by atoms with Crippen LogP contribution in [0.15, 0.2) is 54.6 Å². The van der Waals surface area contributed by atoms with Crippen molar-refractivity contribution in [3.8, 4) is 0 Å². The van der Waals surface area contributed by atoms with Gasteiger partial charge >= 0.3 is 97.1 Å². The van der Waals surface area contributed by atoms with Gasteiger partial charge in [-0.3, -0.25) is 0 Å². The fraction of sp³-hybridized carbons (Fsp3) is 0.143. The summed E-state index contributed by atoms with van der Waals surface area (Å²) in [5.41, 5.74) is 1.28. The van der Waals surface area contributed by atoms with Crippen molar-refractivity contribution in [2.75, 3.05) is 0 Å². The van der Waals surface area contributed by atoms with Gasteiger partial charge in [-0.25, -0.2) is 0 Å². The van der Waals surface area contributed by atoms with Crippen LogP contribution in [0.2, 0.25) is 5.32 Å². The fourth-order valence-corrected chi connectivity index (χ4v) is 3.45. The van der Waals surface area contributed by atoms with E-state index in [-0.39, 0.29) is 0 Å². The number of hydrogen-bond donors (Lipinski definition) is 0. The van der Waals surface area contributed by atoms with Crippen molar-refractivity contribution in [1.82, 2.24) is 0 Å². The normalized spacial score (nSPS) is 10.5. The summed E-state index contributed by atoms with van der Waals surface area (Å²) in [5.74, 6) is 0. The fourth-order valence-electron chi connectivity index (χ4n) is 1.52. The minimum atomic E-state index is 0.521. The van der Waals surface area contributed by atoms with E-state index in [9.17, 15) is 0 Å². The Hall–Kier alpha value is -1.04. The molecule has 0 fully saturated rings. The third-order valence-corrected chi connectivity index (χ3v) is 4.96. The first-order valence-corrected chi connectivity index (χ1v) is 7.09. The summed E-state index contributed by atoms with van der Waals surface area (Å²) in [4.78, 5) is 0. The van der Waals surface area contributed by atoms with Gasteiger partial charge in [-0.2, -0.15) is 0 Å². The van der Waals surface area contributed by atoms with Gasteiger partial charge in [0.15, 0.2) is 0 Å². The SMILES string of the molecule is C=C(C)C[Se]c1cccc2ccccc12. The van der Waals surface area contributed by atoms with E-state index in [1.54, 1.807) is 0 Å². The van der Waals surface area contributed by atoms with Gasteiger partial charge in [0.05, 0.1) is 0 Å². The van der Waals surface area contributed by atoms with Gasteiger partial charge in [-0.15, -0.1) is 0 Å². The van der Waals surface area contributed by atoms with Crippen LogP contribution in [-0.2, 0) is 0 Å². The molecule has 0 N–H and O–H groups in total. The Kier molecular flexibility index (Phi) is 3.25. The molecule has 0 aromatic heterocycles. The number of benzene rings is 2. The molecule has 0 heterocycles. The Morgan fingerprint density at radius 3 is 2.67 bits per heavy atom. The molecule has 2 aromatic rings. The molecule has 0 aliphatic rings. The number of rotatable bonds is 3. The summed E-state index contributed by atoms with van der Waals surface area (Å²) in [6, 6.07) is 15.2. The van der Waals surface area contributed by atoms with Crippen LogP contribution in [0.4, 0.5) is 0 Å². The Bertz CT molecular complexity index is 480. The van der Waals surface area contributed by atoms with Crippen LogP contribution in [0.3, 0.4) is 0 Å². The van der Waals surface area contributed by atoms with E-state index < -0.39 is 0 Å². The van der Waals surface area contributed by atoms with Crippen LogP contribution in [0.5, 0.6) is 0 Å². The van der Waals surface area contributed by atoms with E-state index in [1.807, 2.05) is 0 Å². The average Bonchev–Trinajstić information content (AvgIpc) is 2.26. The Morgan fingerprint density at radius 1 is 1.13 bits per heavy atom. The predicted octanol–water partition coefficient (Wildman–Crippen LogP) is 3.16. The molecule has 2 rings (SSSR count). The molecule has 1 heteroatoms. The van der Waals surface area contributed by atoms with E-state index in [2.05, 4.69) is 56.0 Å². The Labute approximate surface area is 97.2 Å². The first kappa shape index (κ1) is 10.5. The third-order valence-electron chi connectivity index (χ3n) is 2.22. The Balaban J connectivity index is 2.38. The van der Waals surface area contributed by atoms with Gasteiger partial charge < -0.3 is 0 Å². The van der Waals surface area contributed by atoms with Gasteiger partial charge in [-0.05, 0) is 0 Å². The van der Waals surface area contributed by atoms with E-state index in [1.165, 1.54) is 20.8 Å². The first-order valence-electron chi connectivity index (χ1n) is 5.02. The van der Waals surface area contributed by atoms with Crippen LogP contribution in [0.1, 0.15) is 6.92 Å². The Morgan fingerprint density at radius 2 is 1.87 bits per heavy atom. The molecule has 15 heavy (non-hydrogen) atoms. The quantitative estimate of drug-likeness (QED) is 0.588. The summed E-state index contributed by atoms with van der Waals surface area (Å²) in [7, 11) is 0. The maximum absolute atomic E-state index is 3.97. The van der Waals surface area contributed by atoms with Crippen LogP contribution < -0.4 is 4.46 Å². The second-order valence-electron chi connectivity index (χ2n) is 3.72. The molecule has 0 bridgehead atoms. The third kappa shape index (κ3) is 2.50. The zero-order valence-electron chi connectivity index (χ0n) is 8.86. The van der Waals surface area contributed by atoms with Crippen molar-refractivity contribution in [2.24, 2.45) is 0 Å². The summed E-state index contributed by atoms with van der Waals surface area (Å²) < 4.78 is 1.49. The zero-order valence-corrected chi connectivity index (χ0v) is 10.6. The summed E-state index contributed by atoms with van der Waals surface area (Å²) in [5, 5.41) is 3.89. The van der Waals surface area contributed by atoms with Crippen molar-refractivity contribution >= 4 is 30.2 Å². The van der Waals surface area contributed by atoms with E-state index in [4.69, 9.17) is 0 Å². The maximum atomic E-state index is 3.97. The molecule has 76 valence electrons. The van der Waals surface area contributed by atoms with Gasteiger partial charge in [0.2, 0.25) is 0 Å². The zero-order chi connectivity index (χ0) is 10.7. The van der Waals surface area contributed by atoms with Gasteiger partial charge in [-0.1, -0.05) is 0 Å². The molecule has 0 unspecified atom stereocenters. The van der Waals surface area contributed by atoms with Crippen molar-refractivity contribution in [3.05, 3.63) is 54.6 Å². The second kappa shape index (κ2) is 4.65. The molecule has 0 spiro atoms. The van der Waals surface area contributed by atoms with Crippen molar-refractivity contribution in [3.63, 3.8) is 0 Å². The molecule has 0 nitrogen and oxygen atoms in total. The van der Waals surface area contributed by atoms with Crippen molar-refractivity contribution < 1.29 is 0 Å². The second-order valence-corrected chi connectivity index (χ2v) is 5.86. The van der Waals surface area contributed by atoms with Crippen LogP contribution >= 0.6 is 0 Å². The van der Waals surface area contributed by atoms with Gasteiger partial charge in [0, 0.05) is 0 Å². The molecular weight excluding hydrogens is 247 g/mol. The van der Waals surface area contributed by atoms with Crippen LogP contribution in [0.25, 0.3) is 10.8 Å². The summed E-state index contributed by atoms with van der Waals surface area (Å²) >= 11 is 0.521. The predicted molar refractivity (Wildman–Crippen MR) is 69.0 cm³/mol. The van der Waals surface area contributed by atoms with Crippen molar-refractivity contribution in [1.29, 1.82) is 0 Å². The molecule has 2 aromatic carbocycles. The average molecular weight is 261 g/mol. The number of fused-ring (bicyclic) bond motifs is 1. The van der Waals surface area contributed by atoms with Crippen LogP contribution in [-0.4, -0.2) is 15.0 Å². The molecule has 0 aliphatic carbocycles. The van der Waals surface area contributed by atoms with Crippen LogP contribution in [0, 0.1) is 0 Å². The first-order chi connectivity index (χ1) is 7.27. The standard InChI is InChI=1S/C14H14Se/c1-11(2)10-15-14-9-5-7-12-6-3-4-8-13(12)14/h3-9H,1,10H2,2H3. The minimum absolute atomic E-state index is 0.521. The van der Waals surface area contributed by atoms with E-state index >= 15 is 0 Å². The van der Waals surface area contributed by atoms with Gasteiger partial charge in [0.25, 0.3) is 0 Å². The molecule has 0 radical (unpaired) electrons. The molecule has 0 aliphatic heterocycles. The number of hydrogen-bond acceptors (Lipinski definition) is 0. The summed E-state index contributed by atoms with van der Waals surface area (Å²) in [6.07, 6.45) is 0.